The Labute approximate surface area is 101 Å². The van der Waals surface area contributed by atoms with Gasteiger partial charge in [-0.05, 0) is 25.2 Å². The molecule has 0 saturated heterocycles. The molecule has 0 fully saturated rings. The summed E-state index contributed by atoms with van der Waals surface area (Å²) in [6.07, 6.45) is 1.83. The molecule has 0 aromatic heterocycles. The highest BCUT2D eigenvalue weighted by Crippen LogP contribution is 2.47. The van der Waals surface area contributed by atoms with Gasteiger partial charge < -0.3 is 5.11 Å². The fraction of sp³-hybridized carbons (Fsp3) is 0.733. The third-order valence-electron chi connectivity index (χ3n) is 4.84. The second kappa shape index (κ2) is 4.37. The number of allylic oxidation sites excluding steroid dienone is 1. The third kappa shape index (κ3) is 2.40. The first-order chi connectivity index (χ1) is 6.91. The topological polar surface area (TPSA) is 20.2 Å². The minimum atomic E-state index is -0.808. The summed E-state index contributed by atoms with van der Waals surface area (Å²) in [7, 11) is 0. The Kier molecular flexibility index (Phi) is 4.21. The van der Waals surface area contributed by atoms with E-state index in [2.05, 4.69) is 33.9 Å². The van der Waals surface area contributed by atoms with E-state index < -0.39 is 5.60 Å². The third-order valence-corrected chi connectivity index (χ3v) is 4.84. The maximum absolute atomic E-state index is 10.8. The normalized spacial score (nSPS) is 18.8. The molecule has 0 heterocycles. The van der Waals surface area contributed by atoms with E-state index in [0.717, 1.165) is 5.57 Å². The number of hydrogen-bond acceptors (Lipinski definition) is 1. The van der Waals surface area contributed by atoms with Crippen molar-refractivity contribution in [3.8, 4) is 0 Å². The average Bonchev–Trinajstić information content (AvgIpc) is 2.15. The Balaban J connectivity index is 5.34. The van der Waals surface area contributed by atoms with Crippen LogP contribution >= 0.6 is 0 Å². The molecule has 2 unspecified atom stereocenters. The van der Waals surface area contributed by atoms with Crippen molar-refractivity contribution >= 4 is 0 Å². The molecule has 0 rings (SSSR count). The van der Waals surface area contributed by atoms with Gasteiger partial charge in [-0.15, -0.1) is 6.58 Å². The first kappa shape index (κ1) is 15.4. The van der Waals surface area contributed by atoms with E-state index in [1.165, 1.54) is 0 Å². The van der Waals surface area contributed by atoms with Crippen molar-refractivity contribution in [2.75, 3.05) is 0 Å². The van der Waals surface area contributed by atoms with Gasteiger partial charge in [-0.2, -0.15) is 0 Å². The number of hydrogen-bond donors (Lipinski definition) is 1. The van der Waals surface area contributed by atoms with Gasteiger partial charge in [0.1, 0.15) is 0 Å². The van der Waals surface area contributed by atoms with Crippen LogP contribution in [0.25, 0.3) is 0 Å². The Bertz CT molecular complexity index is 282. The van der Waals surface area contributed by atoms with E-state index in [4.69, 9.17) is 0 Å². The zero-order valence-electron chi connectivity index (χ0n) is 12.0. The quantitative estimate of drug-likeness (QED) is 0.694. The minimum absolute atomic E-state index is 0.0935. The highest BCUT2D eigenvalue weighted by atomic mass is 16.3. The molecule has 2 atom stereocenters. The van der Waals surface area contributed by atoms with Gasteiger partial charge in [0.25, 0.3) is 0 Å². The molecule has 94 valence electrons. The van der Waals surface area contributed by atoms with Crippen LogP contribution in [0, 0.1) is 16.7 Å². The first-order valence-electron chi connectivity index (χ1n) is 5.93. The highest BCUT2D eigenvalue weighted by Gasteiger charge is 2.47. The van der Waals surface area contributed by atoms with Crippen LogP contribution in [-0.4, -0.2) is 10.7 Å². The fourth-order valence-corrected chi connectivity index (χ4v) is 1.84. The highest BCUT2D eigenvalue weighted by molar-refractivity contribution is 5.13. The van der Waals surface area contributed by atoms with E-state index in [-0.39, 0.29) is 16.7 Å². The SMILES string of the molecule is C=CC(C)(C)C(C)(O)C(C)C(C)(C)C(=C)C. The monoisotopic (exact) mass is 224 g/mol. The molecule has 0 aliphatic rings. The molecule has 1 nitrogen and oxygen atoms in total. The molecule has 0 spiro atoms. The van der Waals surface area contributed by atoms with Gasteiger partial charge in [-0.3, -0.25) is 0 Å². The summed E-state index contributed by atoms with van der Waals surface area (Å²) in [5.41, 5.74) is -0.125. The van der Waals surface area contributed by atoms with E-state index in [9.17, 15) is 5.11 Å². The minimum Gasteiger partial charge on any atom is -0.389 e. The standard InChI is InChI=1S/C15H28O/c1-10-13(5,6)15(9,16)12(4)14(7,8)11(2)3/h10,12,16H,1-2H2,3-9H3. The average molecular weight is 224 g/mol. The van der Waals surface area contributed by atoms with Crippen LogP contribution in [0.2, 0.25) is 0 Å². The smallest absolute Gasteiger partial charge is 0.0738 e. The van der Waals surface area contributed by atoms with Gasteiger partial charge in [0, 0.05) is 5.41 Å². The largest absolute Gasteiger partial charge is 0.389 e. The van der Waals surface area contributed by atoms with E-state index in [1.807, 2.05) is 33.8 Å². The van der Waals surface area contributed by atoms with E-state index >= 15 is 0 Å². The molecule has 0 bridgehead atoms. The first-order valence-corrected chi connectivity index (χ1v) is 5.93. The van der Waals surface area contributed by atoms with Crippen molar-refractivity contribution in [3.63, 3.8) is 0 Å². The lowest BCUT2D eigenvalue weighted by Crippen LogP contribution is -2.51. The second-order valence-electron chi connectivity index (χ2n) is 6.30. The molecule has 1 N–H and O–H groups in total. The molecular formula is C15H28O. The molecule has 0 aromatic rings. The van der Waals surface area contributed by atoms with Crippen molar-refractivity contribution in [3.05, 3.63) is 24.8 Å². The molecule has 0 aliphatic heterocycles. The summed E-state index contributed by atoms with van der Waals surface area (Å²) in [6, 6.07) is 0. The predicted molar refractivity (Wildman–Crippen MR) is 72.4 cm³/mol. The molecule has 1 heteroatoms. The van der Waals surface area contributed by atoms with Crippen molar-refractivity contribution < 1.29 is 5.11 Å². The van der Waals surface area contributed by atoms with E-state index in [0.29, 0.717) is 0 Å². The summed E-state index contributed by atoms with van der Waals surface area (Å²) in [5, 5.41) is 10.8. The molecule has 0 aliphatic carbocycles. The van der Waals surface area contributed by atoms with Crippen LogP contribution in [0.5, 0.6) is 0 Å². The predicted octanol–water partition coefficient (Wildman–Crippen LogP) is 4.19. The Morgan fingerprint density at radius 3 is 1.81 bits per heavy atom. The van der Waals surface area contributed by atoms with Crippen LogP contribution in [-0.2, 0) is 0 Å². The Morgan fingerprint density at radius 2 is 1.56 bits per heavy atom. The van der Waals surface area contributed by atoms with Gasteiger partial charge in [-0.25, -0.2) is 0 Å². The lowest BCUT2D eigenvalue weighted by Gasteiger charge is -2.49. The van der Waals surface area contributed by atoms with E-state index in [1.54, 1.807) is 0 Å². The Hall–Kier alpha value is -0.560. The maximum atomic E-state index is 10.8. The Morgan fingerprint density at radius 1 is 1.19 bits per heavy atom. The molecule has 0 radical (unpaired) electrons. The summed E-state index contributed by atoms with van der Waals surface area (Å²) in [5.74, 6) is 0.102. The van der Waals surface area contributed by atoms with Crippen LogP contribution in [0.3, 0.4) is 0 Å². The summed E-state index contributed by atoms with van der Waals surface area (Å²) >= 11 is 0. The number of rotatable bonds is 5. The number of aliphatic hydroxyl groups is 1. The van der Waals surface area contributed by atoms with Crippen molar-refractivity contribution in [1.82, 2.24) is 0 Å². The second-order valence-corrected chi connectivity index (χ2v) is 6.30. The zero-order valence-corrected chi connectivity index (χ0v) is 12.0. The summed E-state index contributed by atoms with van der Waals surface area (Å²) in [4.78, 5) is 0. The zero-order chi connectivity index (χ0) is 13.4. The molecular weight excluding hydrogens is 196 g/mol. The van der Waals surface area contributed by atoms with Crippen LogP contribution < -0.4 is 0 Å². The van der Waals surface area contributed by atoms with Crippen LogP contribution in [0.15, 0.2) is 24.8 Å². The lowest BCUT2D eigenvalue weighted by molar-refractivity contribution is -0.0987. The summed E-state index contributed by atoms with van der Waals surface area (Å²) in [6.45, 7) is 22.2. The van der Waals surface area contributed by atoms with Gasteiger partial charge in [0.05, 0.1) is 5.60 Å². The fourth-order valence-electron chi connectivity index (χ4n) is 1.84. The maximum Gasteiger partial charge on any atom is 0.0738 e. The summed E-state index contributed by atoms with van der Waals surface area (Å²) < 4.78 is 0. The van der Waals surface area contributed by atoms with Gasteiger partial charge >= 0.3 is 0 Å². The van der Waals surface area contributed by atoms with Gasteiger partial charge in [0.2, 0.25) is 0 Å². The van der Waals surface area contributed by atoms with Gasteiger partial charge in [-0.1, -0.05) is 52.8 Å². The molecule has 0 saturated carbocycles. The molecule has 0 amide bonds. The molecule has 16 heavy (non-hydrogen) atoms. The van der Waals surface area contributed by atoms with Crippen molar-refractivity contribution in [1.29, 1.82) is 0 Å². The molecule has 0 aromatic carbocycles. The van der Waals surface area contributed by atoms with Gasteiger partial charge in [0.15, 0.2) is 0 Å². The van der Waals surface area contributed by atoms with Crippen LogP contribution in [0.4, 0.5) is 0 Å². The lowest BCUT2D eigenvalue weighted by atomic mass is 9.60. The van der Waals surface area contributed by atoms with Crippen LogP contribution in [0.1, 0.15) is 48.5 Å². The van der Waals surface area contributed by atoms with Crippen molar-refractivity contribution in [2.24, 2.45) is 16.7 Å². The van der Waals surface area contributed by atoms with Crippen molar-refractivity contribution in [2.45, 2.75) is 54.1 Å².